The maximum atomic E-state index is 12.7. The summed E-state index contributed by atoms with van der Waals surface area (Å²) in [5.41, 5.74) is 2.70. The van der Waals surface area contributed by atoms with Crippen LogP contribution < -0.4 is 4.90 Å². The Morgan fingerprint density at radius 1 is 1.20 bits per heavy atom. The van der Waals surface area contributed by atoms with Crippen molar-refractivity contribution in [3.63, 3.8) is 0 Å². The van der Waals surface area contributed by atoms with Gasteiger partial charge in [-0.1, -0.05) is 13.8 Å². The van der Waals surface area contributed by atoms with Gasteiger partial charge in [-0.05, 0) is 44.2 Å². The van der Waals surface area contributed by atoms with Gasteiger partial charge >= 0.3 is 0 Å². The maximum absolute atomic E-state index is 12.7. The van der Waals surface area contributed by atoms with Crippen LogP contribution in [0.1, 0.15) is 66.5 Å². The number of amides is 2. The average Bonchev–Trinajstić information content (AvgIpc) is 2.75. The lowest BCUT2D eigenvalue weighted by Gasteiger charge is -2.34. The molecule has 0 spiro atoms. The minimum Gasteiger partial charge on any atom is -0.339 e. The number of piperidine rings is 1. The standard InChI is InChI=1S/C23H29N5O2/c1-15(2)14-28-20(29)7-6-19-16(3)25-21(26-22(19)28)17-8-11-27(12-9-17)23(30)18-5-4-10-24-13-18/h4-5,10,13,15,17H,6-9,11-12,14H2,1-3H3. The fourth-order valence-electron chi connectivity index (χ4n) is 4.35. The molecule has 158 valence electrons. The van der Waals surface area contributed by atoms with Crippen molar-refractivity contribution in [3.8, 4) is 0 Å². The van der Waals surface area contributed by atoms with Gasteiger partial charge in [-0.3, -0.25) is 19.5 Å². The molecule has 1 fully saturated rings. The quantitative estimate of drug-likeness (QED) is 0.778. The van der Waals surface area contributed by atoms with E-state index in [0.29, 0.717) is 44.0 Å². The van der Waals surface area contributed by atoms with E-state index in [2.05, 4.69) is 18.8 Å². The number of aromatic nitrogens is 3. The lowest BCUT2D eigenvalue weighted by atomic mass is 9.94. The van der Waals surface area contributed by atoms with Crippen LogP contribution in [0.15, 0.2) is 24.5 Å². The van der Waals surface area contributed by atoms with Gasteiger partial charge in [0.15, 0.2) is 0 Å². The number of hydrogen-bond acceptors (Lipinski definition) is 5. The fraction of sp³-hybridized carbons (Fsp3) is 0.522. The van der Waals surface area contributed by atoms with Gasteiger partial charge in [0, 0.05) is 55.6 Å². The van der Waals surface area contributed by atoms with Crippen molar-refractivity contribution in [1.82, 2.24) is 19.9 Å². The summed E-state index contributed by atoms with van der Waals surface area (Å²) >= 11 is 0. The normalized spacial score (nSPS) is 17.4. The van der Waals surface area contributed by atoms with Gasteiger partial charge in [0.1, 0.15) is 11.6 Å². The molecule has 4 heterocycles. The van der Waals surface area contributed by atoms with Crippen molar-refractivity contribution in [2.45, 2.75) is 52.4 Å². The lowest BCUT2D eigenvalue weighted by molar-refractivity contribution is -0.119. The highest BCUT2D eigenvalue weighted by Gasteiger charge is 2.31. The van der Waals surface area contributed by atoms with Crippen LogP contribution in [0.2, 0.25) is 0 Å². The second-order valence-corrected chi connectivity index (χ2v) is 8.68. The van der Waals surface area contributed by atoms with E-state index in [9.17, 15) is 9.59 Å². The summed E-state index contributed by atoms with van der Waals surface area (Å²) < 4.78 is 0. The first-order chi connectivity index (χ1) is 14.4. The summed E-state index contributed by atoms with van der Waals surface area (Å²) in [5, 5.41) is 0. The molecule has 2 amide bonds. The number of aryl methyl sites for hydroxylation is 1. The second kappa shape index (κ2) is 8.50. The number of carbonyl (C=O) groups excluding carboxylic acids is 2. The number of carbonyl (C=O) groups is 2. The highest BCUT2D eigenvalue weighted by Crippen LogP contribution is 2.33. The van der Waals surface area contributed by atoms with E-state index in [1.165, 1.54) is 0 Å². The van der Waals surface area contributed by atoms with Gasteiger partial charge in [-0.25, -0.2) is 9.97 Å². The van der Waals surface area contributed by atoms with Crippen LogP contribution in [-0.2, 0) is 11.2 Å². The van der Waals surface area contributed by atoms with E-state index < -0.39 is 0 Å². The second-order valence-electron chi connectivity index (χ2n) is 8.68. The molecule has 1 saturated heterocycles. The minimum absolute atomic E-state index is 0.0257. The number of anilines is 1. The Morgan fingerprint density at radius 2 is 1.97 bits per heavy atom. The van der Waals surface area contributed by atoms with Gasteiger partial charge in [0.2, 0.25) is 5.91 Å². The molecular weight excluding hydrogens is 378 g/mol. The van der Waals surface area contributed by atoms with E-state index >= 15 is 0 Å². The van der Waals surface area contributed by atoms with Gasteiger partial charge in [-0.15, -0.1) is 0 Å². The third-order valence-corrected chi connectivity index (χ3v) is 5.96. The molecule has 0 N–H and O–H groups in total. The highest BCUT2D eigenvalue weighted by atomic mass is 16.2. The zero-order valence-corrected chi connectivity index (χ0v) is 18.0. The molecule has 2 aromatic heterocycles. The smallest absolute Gasteiger partial charge is 0.255 e. The van der Waals surface area contributed by atoms with Crippen LogP contribution in [0, 0.1) is 12.8 Å². The first-order valence-electron chi connectivity index (χ1n) is 10.8. The largest absolute Gasteiger partial charge is 0.339 e. The van der Waals surface area contributed by atoms with E-state index in [4.69, 9.17) is 9.97 Å². The summed E-state index contributed by atoms with van der Waals surface area (Å²) in [5.74, 6) is 2.36. The summed E-state index contributed by atoms with van der Waals surface area (Å²) in [6.45, 7) is 8.28. The van der Waals surface area contributed by atoms with Crippen molar-refractivity contribution in [2.75, 3.05) is 24.5 Å². The lowest BCUT2D eigenvalue weighted by Crippen LogP contribution is -2.40. The molecule has 2 aliphatic heterocycles. The average molecular weight is 408 g/mol. The molecule has 0 aromatic carbocycles. The van der Waals surface area contributed by atoms with Crippen LogP contribution in [-0.4, -0.2) is 51.3 Å². The van der Waals surface area contributed by atoms with E-state index in [1.54, 1.807) is 24.5 Å². The van der Waals surface area contributed by atoms with Crippen LogP contribution >= 0.6 is 0 Å². The summed E-state index contributed by atoms with van der Waals surface area (Å²) in [7, 11) is 0. The zero-order chi connectivity index (χ0) is 21.3. The third-order valence-electron chi connectivity index (χ3n) is 5.96. The number of pyridine rings is 1. The molecule has 7 heteroatoms. The Morgan fingerprint density at radius 3 is 2.63 bits per heavy atom. The first kappa shape index (κ1) is 20.4. The molecular formula is C23H29N5O2. The highest BCUT2D eigenvalue weighted by molar-refractivity contribution is 5.95. The van der Waals surface area contributed by atoms with Crippen molar-refractivity contribution in [3.05, 3.63) is 47.2 Å². The number of hydrogen-bond donors (Lipinski definition) is 0. The summed E-state index contributed by atoms with van der Waals surface area (Å²) in [6.07, 6.45) is 6.17. The third kappa shape index (κ3) is 4.06. The van der Waals surface area contributed by atoms with E-state index in [-0.39, 0.29) is 17.7 Å². The maximum Gasteiger partial charge on any atom is 0.255 e. The molecule has 2 aromatic rings. The summed E-state index contributed by atoms with van der Waals surface area (Å²) in [6, 6.07) is 3.59. The van der Waals surface area contributed by atoms with E-state index in [0.717, 1.165) is 35.7 Å². The van der Waals surface area contributed by atoms with Crippen LogP contribution in [0.25, 0.3) is 0 Å². The summed E-state index contributed by atoms with van der Waals surface area (Å²) in [4.78, 5) is 42.7. The van der Waals surface area contributed by atoms with Gasteiger partial charge in [-0.2, -0.15) is 0 Å². The van der Waals surface area contributed by atoms with Crippen LogP contribution in [0.5, 0.6) is 0 Å². The van der Waals surface area contributed by atoms with Crippen molar-refractivity contribution < 1.29 is 9.59 Å². The zero-order valence-electron chi connectivity index (χ0n) is 18.0. The number of fused-ring (bicyclic) bond motifs is 1. The van der Waals surface area contributed by atoms with E-state index in [1.807, 2.05) is 16.7 Å². The molecule has 7 nitrogen and oxygen atoms in total. The van der Waals surface area contributed by atoms with Crippen molar-refractivity contribution >= 4 is 17.6 Å². The first-order valence-corrected chi connectivity index (χ1v) is 10.8. The number of nitrogens with zero attached hydrogens (tertiary/aromatic N) is 5. The SMILES string of the molecule is Cc1nc(C2CCN(C(=O)c3cccnc3)CC2)nc2c1CCC(=O)N2CC(C)C. The minimum atomic E-state index is 0.0257. The Hall–Kier alpha value is -2.83. The van der Waals surface area contributed by atoms with Gasteiger partial charge < -0.3 is 4.90 Å². The Kier molecular flexibility index (Phi) is 5.79. The molecule has 2 aliphatic rings. The predicted octanol–water partition coefficient (Wildman–Crippen LogP) is 3.14. The molecule has 30 heavy (non-hydrogen) atoms. The molecule has 0 unspecified atom stereocenters. The molecule has 4 rings (SSSR count). The monoisotopic (exact) mass is 407 g/mol. The Balaban J connectivity index is 1.52. The number of rotatable bonds is 4. The molecule has 0 radical (unpaired) electrons. The Bertz CT molecular complexity index is 936. The molecule has 0 aliphatic carbocycles. The van der Waals surface area contributed by atoms with Crippen molar-refractivity contribution in [2.24, 2.45) is 5.92 Å². The topological polar surface area (TPSA) is 79.3 Å². The molecule has 0 saturated carbocycles. The fourth-order valence-corrected chi connectivity index (χ4v) is 4.35. The van der Waals surface area contributed by atoms with Crippen molar-refractivity contribution in [1.29, 1.82) is 0 Å². The van der Waals surface area contributed by atoms with Crippen LogP contribution in [0.4, 0.5) is 5.82 Å². The number of likely N-dealkylation sites (tertiary alicyclic amines) is 1. The van der Waals surface area contributed by atoms with Crippen LogP contribution in [0.3, 0.4) is 0 Å². The van der Waals surface area contributed by atoms with Gasteiger partial charge in [0.05, 0.1) is 5.56 Å². The predicted molar refractivity (Wildman–Crippen MR) is 114 cm³/mol. The van der Waals surface area contributed by atoms with Gasteiger partial charge in [0.25, 0.3) is 5.91 Å². The Labute approximate surface area is 177 Å². The molecule has 0 atom stereocenters. The molecule has 0 bridgehead atoms.